The van der Waals surface area contributed by atoms with Crippen LogP contribution in [0, 0.1) is 16.7 Å². The lowest BCUT2D eigenvalue weighted by Gasteiger charge is -2.47. The molecule has 1 aromatic carbocycles. The fourth-order valence-corrected chi connectivity index (χ4v) is 5.64. The average Bonchev–Trinajstić information content (AvgIpc) is 3.03. The molecule has 0 spiro atoms. The van der Waals surface area contributed by atoms with Crippen LogP contribution in [-0.4, -0.2) is 37.1 Å². The molecule has 0 N–H and O–H groups in total. The molecule has 0 radical (unpaired) electrons. The minimum Gasteiger partial charge on any atom is -0.462 e. The summed E-state index contributed by atoms with van der Waals surface area (Å²) in [6.07, 6.45) is 5.02. The smallest absolute Gasteiger partial charge is 0.338 e. The molecule has 0 aliphatic heterocycles. The minimum absolute atomic E-state index is 0.217. The molecule has 1 aromatic rings. The van der Waals surface area contributed by atoms with Crippen LogP contribution in [-0.2, 0) is 4.74 Å². The van der Waals surface area contributed by atoms with Crippen molar-refractivity contribution in [2.24, 2.45) is 16.7 Å². The van der Waals surface area contributed by atoms with Crippen molar-refractivity contribution in [3.8, 4) is 0 Å². The molecule has 0 amide bonds. The Morgan fingerprint density at radius 3 is 2.58 bits per heavy atom. The number of benzene rings is 1. The molecule has 3 heteroatoms. The van der Waals surface area contributed by atoms with Gasteiger partial charge in [-0.15, -0.1) is 0 Å². The van der Waals surface area contributed by atoms with Crippen molar-refractivity contribution in [3.05, 3.63) is 35.9 Å². The number of rotatable bonds is 6. The first kappa shape index (κ1) is 17.5. The van der Waals surface area contributed by atoms with E-state index in [1.165, 1.54) is 19.3 Å². The molecule has 24 heavy (non-hydrogen) atoms. The molecule has 132 valence electrons. The van der Waals surface area contributed by atoms with E-state index in [0.717, 1.165) is 18.9 Å². The van der Waals surface area contributed by atoms with Crippen molar-refractivity contribution in [1.29, 1.82) is 0 Å². The summed E-state index contributed by atoms with van der Waals surface area (Å²) in [6, 6.07) is 9.86. The summed E-state index contributed by atoms with van der Waals surface area (Å²) in [5, 5.41) is 0. The molecular formula is C21H31NO2. The van der Waals surface area contributed by atoms with Crippen LogP contribution in [0.25, 0.3) is 0 Å². The second-order valence-electron chi connectivity index (χ2n) is 8.65. The van der Waals surface area contributed by atoms with E-state index in [2.05, 4.69) is 32.7 Å². The topological polar surface area (TPSA) is 29.5 Å². The number of nitrogens with zero attached hydrogens (tertiary/aromatic N) is 1. The lowest BCUT2D eigenvalue weighted by atomic mass is 9.68. The number of carbonyl (C=O) groups is 1. The summed E-state index contributed by atoms with van der Waals surface area (Å²) in [5.41, 5.74) is 1.49. The van der Waals surface area contributed by atoms with Gasteiger partial charge >= 0.3 is 5.97 Å². The Hall–Kier alpha value is -1.35. The summed E-state index contributed by atoms with van der Waals surface area (Å²) >= 11 is 0. The number of hydrogen-bond acceptors (Lipinski definition) is 3. The van der Waals surface area contributed by atoms with Crippen LogP contribution in [0.1, 0.15) is 56.8 Å². The highest BCUT2D eigenvalue weighted by Crippen LogP contribution is 2.63. The Morgan fingerprint density at radius 1 is 1.25 bits per heavy atom. The Bertz CT molecular complexity index is 578. The maximum absolute atomic E-state index is 12.0. The van der Waals surface area contributed by atoms with Gasteiger partial charge in [0, 0.05) is 12.6 Å². The first-order valence-electron chi connectivity index (χ1n) is 9.27. The second-order valence-corrected chi connectivity index (χ2v) is 8.65. The molecule has 2 saturated carbocycles. The second kappa shape index (κ2) is 6.51. The van der Waals surface area contributed by atoms with Gasteiger partial charge < -0.3 is 9.64 Å². The predicted molar refractivity (Wildman–Crippen MR) is 97.0 cm³/mol. The fraction of sp³-hybridized carbons (Fsp3) is 0.667. The van der Waals surface area contributed by atoms with Crippen molar-refractivity contribution in [2.75, 3.05) is 20.2 Å². The van der Waals surface area contributed by atoms with Crippen molar-refractivity contribution < 1.29 is 9.53 Å². The van der Waals surface area contributed by atoms with Gasteiger partial charge in [-0.3, -0.25) is 0 Å². The quantitative estimate of drug-likeness (QED) is 0.573. The molecule has 0 aromatic heterocycles. The standard InChI is InChI=1S/C21H31NO2/c1-20(2)17-11-12-21(3,15-17)19(20)22(4)13-8-14-24-18(23)16-9-6-5-7-10-16/h5-7,9-10,17,19H,8,11-15H2,1-4H3. The van der Waals surface area contributed by atoms with E-state index in [1.54, 1.807) is 12.1 Å². The number of hydrogen-bond donors (Lipinski definition) is 0. The first-order chi connectivity index (χ1) is 11.3. The van der Waals surface area contributed by atoms with Gasteiger partial charge in [-0.2, -0.15) is 0 Å². The number of fused-ring (bicyclic) bond motifs is 2. The van der Waals surface area contributed by atoms with Crippen molar-refractivity contribution in [1.82, 2.24) is 4.90 Å². The zero-order chi connectivity index (χ0) is 17.4. The zero-order valence-corrected chi connectivity index (χ0v) is 15.5. The van der Waals surface area contributed by atoms with Gasteiger partial charge in [0.15, 0.2) is 0 Å². The third-order valence-corrected chi connectivity index (χ3v) is 6.53. The normalized spacial score (nSPS) is 30.7. The molecule has 2 bridgehead atoms. The van der Waals surface area contributed by atoms with Crippen LogP contribution >= 0.6 is 0 Å². The molecule has 3 rings (SSSR count). The Kier molecular flexibility index (Phi) is 4.74. The SMILES string of the molecule is CN(CCCOC(=O)c1ccccc1)C1C2(C)CCC(C2)C1(C)C. The minimum atomic E-state index is -0.217. The Balaban J connectivity index is 1.48. The van der Waals surface area contributed by atoms with Gasteiger partial charge in [0.25, 0.3) is 0 Å². The summed E-state index contributed by atoms with van der Waals surface area (Å²) in [5.74, 6) is 0.649. The van der Waals surface area contributed by atoms with Crippen LogP contribution in [0.15, 0.2) is 30.3 Å². The average molecular weight is 329 g/mol. The number of carbonyl (C=O) groups excluding carboxylic acids is 1. The predicted octanol–water partition coefficient (Wildman–Crippen LogP) is 4.38. The lowest BCUT2D eigenvalue weighted by Crippen LogP contribution is -2.51. The molecule has 0 heterocycles. The van der Waals surface area contributed by atoms with E-state index in [0.29, 0.717) is 29.0 Å². The van der Waals surface area contributed by atoms with E-state index < -0.39 is 0 Å². The van der Waals surface area contributed by atoms with E-state index in [4.69, 9.17) is 4.74 Å². The van der Waals surface area contributed by atoms with Crippen LogP contribution in [0.5, 0.6) is 0 Å². The largest absolute Gasteiger partial charge is 0.462 e. The Labute approximate surface area is 146 Å². The monoisotopic (exact) mass is 329 g/mol. The maximum atomic E-state index is 12.0. The van der Waals surface area contributed by atoms with Crippen molar-refractivity contribution in [3.63, 3.8) is 0 Å². The molecule has 2 aliphatic carbocycles. The molecule has 2 fully saturated rings. The highest BCUT2D eigenvalue weighted by atomic mass is 16.5. The summed E-state index contributed by atoms with van der Waals surface area (Å²) < 4.78 is 5.41. The van der Waals surface area contributed by atoms with Crippen molar-refractivity contribution >= 4 is 5.97 Å². The van der Waals surface area contributed by atoms with Gasteiger partial charge in [0.05, 0.1) is 12.2 Å². The van der Waals surface area contributed by atoms with E-state index in [-0.39, 0.29) is 5.97 Å². The highest BCUT2D eigenvalue weighted by Gasteiger charge is 2.60. The van der Waals surface area contributed by atoms with Gasteiger partial charge in [0.2, 0.25) is 0 Å². The first-order valence-corrected chi connectivity index (χ1v) is 9.27. The molecule has 3 nitrogen and oxygen atoms in total. The molecule has 3 atom stereocenters. The van der Waals surface area contributed by atoms with E-state index in [1.807, 2.05) is 18.2 Å². The van der Waals surface area contributed by atoms with Crippen molar-refractivity contribution in [2.45, 2.75) is 52.5 Å². The summed E-state index contributed by atoms with van der Waals surface area (Å²) in [6.45, 7) is 8.83. The van der Waals surface area contributed by atoms with Gasteiger partial charge in [0.1, 0.15) is 0 Å². The number of ether oxygens (including phenoxy) is 1. The summed E-state index contributed by atoms with van der Waals surface area (Å²) in [7, 11) is 2.25. The molecule has 0 saturated heterocycles. The van der Waals surface area contributed by atoms with Crippen LogP contribution in [0.4, 0.5) is 0 Å². The maximum Gasteiger partial charge on any atom is 0.338 e. The van der Waals surface area contributed by atoms with Gasteiger partial charge in [-0.25, -0.2) is 4.79 Å². The lowest BCUT2D eigenvalue weighted by molar-refractivity contribution is 0.0137. The third-order valence-electron chi connectivity index (χ3n) is 6.53. The zero-order valence-electron chi connectivity index (χ0n) is 15.5. The molecular weight excluding hydrogens is 298 g/mol. The summed E-state index contributed by atoms with van der Waals surface area (Å²) in [4.78, 5) is 14.5. The van der Waals surface area contributed by atoms with Crippen LogP contribution in [0.2, 0.25) is 0 Å². The van der Waals surface area contributed by atoms with E-state index >= 15 is 0 Å². The highest BCUT2D eigenvalue weighted by molar-refractivity contribution is 5.89. The fourth-order valence-electron chi connectivity index (χ4n) is 5.64. The third kappa shape index (κ3) is 3.11. The van der Waals surface area contributed by atoms with Gasteiger partial charge in [-0.1, -0.05) is 39.0 Å². The Morgan fingerprint density at radius 2 is 1.96 bits per heavy atom. The van der Waals surface area contributed by atoms with Gasteiger partial charge in [-0.05, 0) is 61.6 Å². The molecule has 2 aliphatic rings. The van der Waals surface area contributed by atoms with E-state index in [9.17, 15) is 4.79 Å². The van der Waals surface area contributed by atoms with Crippen LogP contribution in [0.3, 0.4) is 0 Å². The van der Waals surface area contributed by atoms with Crippen LogP contribution < -0.4 is 0 Å². The molecule has 3 unspecified atom stereocenters. The number of esters is 1.